The molecular weight excluding hydrogens is 118 g/mol. The predicted octanol–water partition coefficient (Wildman–Crippen LogP) is 0.169. The van der Waals surface area contributed by atoms with Crippen LogP contribution in [0.3, 0.4) is 0 Å². The molecule has 1 rings (SSSR count). The van der Waals surface area contributed by atoms with Gasteiger partial charge in [-0.2, -0.15) is 0 Å². The smallest absolute Gasteiger partial charge is 0.334 e. The van der Waals surface area contributed by atoms with Crippen LogP contribution in [0.4, 0.5) is 0 Å². The number of rotatable bonds is 1. The maximum atomic E-state index is 10.6. The SMILES string of the molecule is COC(=O)C1C=CC=N1. The number of aliphatic imine (C=N–C) groups is 1. The molecule has 0 saturated carbocycles. The Bertz CT molecular complexity index is 160. The number of allylic oxidation sites excluding steroid dienone is 1. The van der Waals surface area contributed by atoms with Crippen molar-refractivity contribution in [2.75, 3.05) is 7.11 Å². The van der Waals surface area contributed by atoms with Crippen LogP contribution >= 0.6 is 0 Å². The van der Waals surface area contributed by atoms with Gasteiger partial charge < -0.3 is 4.74 Å². The minimum Gasteiger partial charge on any atom is -0.467 e. The third-order valence-electron chi connectivity index (χ3n) is 1.07. The Hall–Kier alpha value is -1.12. The van der Waals surface area contributed by atoms with Crippen LogP contribution in [0.1, 0.15) is 0 Å². The molecule has 0 aliphatic carbocycles. The normalized spacial score (nSPS) is 22.6. The molecular formula is C6H7NO2. The lowest BCUT2D eigenvalue weighted by Gasteiger charge is -1.98. The molecule has 0 aromatic rings. The standard InChI is InChI=1S/C6H7NO2/c1-9-6(8)5-3-2-4-7-5/h2-5H,1H3. The van der Waals surface area contributed by atoms with E-state index in [1.54, 1.807) is 18.4 Å². The molecule has 9 heavy (non-hydrogen) atoms. The number of nitrogens with zero attached hydrogens (tertiary/aromatic N) is 1. The summed E-state index contributed by atoms with van der Waals surface area (Å²) in [5.41, 5.74) is 0. The van der Waals surface area contributed by atoms with E-state index in [2.05, 4.69) is 9.73 Å². The number of carbonyl (C=O) groups is 1. The van der Waals surface area contributed by atoms with Crippen LogP contribution < -0.4 is 0 Å². The first-order chi connectivity index (χ1) is 4.34. The zero-order valence-corrected chi connectivity index (χ0v) is 5.07. The van der Waals surface area contributed by atoms with E-state index in [4.69, 9.17) is 0 Å². The minimum absolute atomic E-state index is 0.306. The Kier molecular flexibility index (Phi) is 1.63. The Morgan fingerprint density at radius 1 is 1.78 bits per heavy atom. The van der Waals surface area contributed by atoms with Crippen LogP contribution in [0.15, 0.2) is 17.1 Å². The number of hydrogen-bond acceptors (Lipinski definition) is 3. The zero-order chi connectivity index (χ0) is 6.69. The molecule has 1 aliphatic heterocycles. The number of hydrogen-bond donors (Lipinski definition) is 0. The second kappa shape index (κ2) is 2.44. The molecule has 0 amide bonds. The lowest BCUT2D eigenvalue weighted by Crippen LogP contribution is -2.15. The van der Waals surface area contributed by atoms with Gasteiger partial charge in [-0.05, 0) is 12.2 Å². The molecule has 0 fully saturated rings. The average molecular weight is 125 g/mol. The molecule has 0 saturated heterocycles. The maximum absolute atomic E-state index is 10.6. The van der Waals surface area contributed by atoms with Crippen molar-refractivity contribution in [1.29, 1.82) is 0 Å². The highest BCUT2D eigenvalue weighted by Crippen LogP contribution is 2.00. The van der Waals surface area contributed by atoms with Crippen molar-refractivity contribution in [2.24, 2.45) is 4.99 Å². The summed E-state index contributed by atoms with van der Waals surface area (Å²) >= 11 is 0. The van der Waals surface area contributed by atoms with Gasteiger partial charge in [0, 0.05) is 6.21 Å². The summed E-state index contributed by atoms with van der Waals surface area (Å²) in [6.45, 7) is 0. The first kappa shape index (κ1) is 6.01. The van der Waals surface area contributed by atoms with Crippen LogP contribution in [-0.2, 0) is 9.53 Å². The van der Waals surface area contributed by atoms with Crippen molar-refractivity contribution in [3.05, 3.63) is 12.2 Å². The minimum atomic E-state index is -0.394. The lowest BCUT2D eigenvalue weighted by molar-refractivity contribution is -0.140. The van der Waals surface area contributed by atoms with Gasteiger partial charge in [-0.15, -0.1) is 0 Å². The van der Waals surface area contributed by atoms with Gasteiger partial charge in [0.15, 0.2) is 6.04 Å². The molecule has 1 heterocycles. The maximum Gasteiger partial charge on any atom is 0.334 e. The van der Waals surface area contributed by atoms with Crippen molar-refractivity contribution in [3.63, 3.8) is 0 Å². The van der Waals surface area contributed by atoms with Crippen LogP contribution in [0, 0.1) is 0 Å². The third-order valence-corrected chi connectivity index (χ3v) is 1.07. The van der Waals surface area contributed by atoms with Gasteiger partial charge in [0.25, 0.3) is 0 Å². The quantitative estimate of drug-likeness (QED) is 0.468. The third kappa shape index (κ3) is 1.16. The fourth-order valence-electron chi connectivity index (χ4n) is 0.607. The van der Waals surface area contributed by atoms with Crippen LogP contribution in [-0.4, -0.2) is 25.3 Å². The Morgan fingerprint density at radius 2 is 2.56 bits per heavy atom. The monoisotopic (exact) mass is 125 g/mol. The average Bonchev–Trinajstić information content (AvgIpc) is 2.37. The summed E-state index contributed by atoms with van der Waals surface area (Å²) in [6, 6.07) is -0.394. The van der Waals surface area contributed by atoms with Crippen molar-refractivity contribution in [1.82, 2.24) is 0 Å². The summed E-state index contributed by atoms with van der Waals surface area (Å²) < 4.78 is 4.43. The first-order valence-corrected chi connectivity index (χ1v) is 2.62. The van der Waals surface area contributed by atoms with Gasteiger partial charge in [0.2, 0.25) is 0 Å². The van der Waals surface area contributed by atoms with E-state index >= 15 is 0 Å². The highest BCUT2D eigenvalue weighted by molar-refractivity contribution is 5.86. The second-order valence-electron chi connectivity index (χ2n) is 1.65. The summed E-state index contributed by atoms with van der Waals surface area (Å²) in [4.78, 5) is 14.4. The Labute approximate surface area is 53.0 Å². The van der Waals surface area contributed by atoms with E-state index in [-0.39, 0.29) is 5.97 Å². The lowest BCUT2D eigenvalue weighted by atomic mass is 10.3. The van der Waals surface area contributed by atoms with E-state index in [1.807, 2.05) is 0 Å². The van der Waals surface area contributed by atoms with Gasteiger partial charge in [-0.1, -0.05) is 0 Å². The molecule has 3 nitrogen and oxygen atoms in total. The van der Waals surface area contributed by atoms with Gasteiger partial charge in [-0.25, -0.2) is 4.79 Å². The molecule has 1 atom stereocenters. The van der Waals surface area contributed by atoms with Gasteiger partial charge in [-0.3, -0.25) is 4.99 Å². The van der Waals surface area contributed by atoms with E-state index in [0.717, 1.165) is 0 Å². The number of esters is 1. The largest absolute Gasteiger partial charge is 0.467 e. The first-order valence-electron chi connectivity index (χ1n) is 2.62. The molecule has 48 valence electrons. The van der Waals surface area contributed by atoms with Crippen molar-refractivity contribution < 1.29 is 9.53 Å². The number of ether oxygens (including phenoxy) is 1. The van der Waals surface area contributed by atoms with Crippen LogP contribution in [0.5, 0.6) is 0 Å². The Morgan fingerprint density at radius 3 is 3.00 bits per heavy atom. The zero-order valence-electron chi connectivity index (χ0n) is 5.07. The topological polar surface area (TPSA) is 38.7 Å². The van der Waals surface area contributed by atoms with E-state index in [9.17, 15) is 4.79 Å². The molecule has 0 radical (unpaired) electrons. The second-order valence-corrected chi connectivity index (χ2v) is 1.65. The fraction of sp³-hybridized carbons (Fsp3) is 0.333. The molecule has 0 spiro atoms. The van der Waals surface area contributed by atoms with Crippen LogP contribution in [0.25, 0.3) is 0 Å². The summed E-state index contributed by atoms with van der Waals surface area (Å²) in [5.74, 6) is -0.306. The number of methoxy groups -OCH3 is 1. The van der Waals surface area contributed by atoms with Crippen molar-refractivity contribution >= 4 is 12.2 Å². The van der Waals surface area contributed by atoms with Gasteiger partial charge >= 0.3 is 5.97 Å². The predicted molar refractivity (Wildman–Crippen MR) is 33.4 cm³/mol. The number of carbonyl (C=O) groups excluding carboxylic acids is 1. The highest BCUT2D eigenvalue weighted by Gasteiger charge is 2.14. The van der Waals surface area contributed by atoms with Crippen molar-refractivity contribution in [3.8, 4) is 0 Å². The highest BCUT2D eigenvalue weighted by atomic mass is 16.5. The van der Waals surface area contributed by atoms with Gasteiger partial charge in [0.1, 0.15) is 0 Å². The van der Waals surface area contributed by atoms with Crippen molar-refractivity contribution in [2.45, 2.75) is 6.04 Å². The molecule has 1 aliphatic rings. The molecule has 0 N–H and O–H groups in total. The summed E-state index contributed by atoms with van der Waals surface area (Å²) in [5, 5.41) is 0. The van der Waals surface area contributed by atoms with E-state index in [1.165, 1.54) is 7.11 Å². The molecule has 3 heteroatoms. The molecule has 0 aromatic heterocycles. The Balaban J connectivity index is 2.53. The van der Waals surface area contributed by atoms with E-state index in [0.29, 0.717) is 0 Å². The molecule has 1 unspecified atom stereocenters. The summed E-state index contributed by atoms with van der Waals surface area (Å²) in [6.07, 6.45) is 5.00. The molecule has 0 bridgehead atoms. The van der Waals surface area contributed by atoms with E-state index < -0.39 is 6.04 Å². The van der Waals surface area contributed by atoms with Gasteiger partial charge in [0.05, 0.1) is 7.11 Å². The fourth-order valence-corrected chi connectivity index (χ4v) is 0.607. The molecule has 0 aromatic carbocycles. The van der Waals surface area contributed by atoms with Crippen LogP contribution in [0.2, 0.25) is 0 Å². The summed E-state index contributed by atoms with van der Waals surface area (Å²) in [7, 11) is 1.35.